The van der Waals surface area contributed by atoms with Gasteiger partial charge in [-0.05, 0) is 30.3 Å². The van der Waals surface area contributed by atoms with Gasteiger partial charge >= 0.3 is 0 Å². The molecule has 0 aliphatic carbocycles. The molecule has 0 saturated heterocycles. The maximum atomic E-state index is 6.08. The van der Waals surface area contributed by atoms with Crippen molar-refractivity contribution in [1.29, 1.82) is 0 Å². The van der Waals surface area contributed by atoms with Gasteiger partial charge in [0.25, 0.3) is 0 Å². The number of hydrogen-bond donors (Lipinski definition) is 1. The molecular weight excluding hydrogens is 263 g/mol. The molecular formula is C11H14Cl2N2S. The molecule has 0 saturated carbocycles. The molecule has 0 spiro atoms. The van der Waals surface area contributed by atoms with E-state index in [0.29, 0.717) is 28.1 Å². The zero-order valence-electron chi connectivity index (χ0n) is 9.04. The molecule has 5 heteroatoms. The molecule has 0 radical (unpaired) electrons. The second kappa shape index (κ2) is 6.40. The Morgan fingerprint density at radius 1 is 1.44 bits per heavy atom. The summed E-state index contributed by atoms with van der Waals surface area (Å²) in [7, 11) is 0. The van der Waals surface area contributed by atoms with E-state index in [1.165, 1.54) is 0 Å². The lowest BCUT2D eigenvalue weighted by molar-refractivity contribution is 0.321. The van der Waals surface area contributed by atoms with Gasteiger partial charge in [-0.1, -0.05) is 42.3 Å². The fourth-order valence-electron chi connectivity index (χ4n) is 1.41. The first kappa shape index (κ1) is 13.7. The van der Waals surface area contributed by atoms with Crippen LogP contribution in [0.4, 0.5) is 0 Å². The van der Waals surface area contributed by atoms with E-state index < -0.39 is 0 Å². The molecule has 0 fully saturated rings. The van der Waals surface area contributed by atoms with Gasteiger partial charge in [0.1, 0.15) is 0 Å². The van der Waals surface area contributed by atoms with E-state index in [1.807, 2.05) is 6.07 Å². The van der Waals surface area contributed by atoms with Crippen molar-refractivity contribution in [2.75, 3.05) is 13.1 Å². The highest BCUT2D eigenvalue weighted by Crippen LogP contribution is 2.21. The van der Waals surface area contributed by atoms with Crippen LogP contribution in [0.15, 0.2) is 18.2 Å². The van der Waals surface area contributed by atoms with E-state index in [9.17, 15) is 0 Å². The van der Waals surface area contributed by atoms with Crippen LogP contribution in [0.1, 0.15) is 12.5 Å². The first-order valence-electron chi connectivity index (χ1n) is 4.97. The molecule has 0 atom stereocenters. The van der Waals surface area contributed by atoms with Crippen molar-refractivity contribution in [3.05, 3.63) is 33.8 Å². The van der Waals surface area contributed by atoms with E-state index in [1.54, 1.807) is 12.1 Å². The van der Waals surface area contributed by atoms with Crippen LogP contribution < -0.4 is 5.73 Å². The SMILES string of the molecule is CCN(CC(N)=S)Cc1cc(Cl)ccc1Cl. The molecule has 1 aromatic rings. The van der Waals surface area contributed by atoms with Crippen molar-refractivity contribution in [3.63, 3.8) is 0 Å². The van der Waals surface area contributed by atoms with Gasteiger partial charge in [-0.2, -0.15) is 0 Å². The molecule has 16 heavy (non-hydrogen) atoms. The number of nitrogens with two attached hydrogens (primary N) is 1. The van der Waals surface area contributed by atoms with Gasteiger partial charge in [0.05, 0.1) is 4.99 Å². The highest BCUT2D eigenvalue weighted by Gasteiger charge is 2.08. The van der Waals surface area contributed by atoms with Crippen molar-refractivity contribution in [2.24, 2.45) is 5.73 Å². The Labute approximate surface area is 111 Å². The third-order valence-corrected chi connectivity index (χ3v) is 2.96. The zero-order valence-corrected chi connectivity index (χ0v) is 11.4. The maximum absolute atomic E-state index is 6.08. The highest BCUT2D eigenvalue weighted by atomic mass is 35.5. The largest absolute Gasteiger partial charge is 0.392 e. The van der Waals surface area contributed by atoms with Gasteiger partial charge in [0.2, 0.25) is 0 Å². The van der Waals surface area contributed by atoms with Crippen molar-refractivity contribution in [3.8, 4) is 0 Å². The quantitative estimate of drug-likeness (QED) is 0.838. The summed E-state index contributed by atoms with van der Waals surface area (Å²) in [5, 5.41) is 1.40. The molecule has 1 aromatic carbocycles. The first-order chi connectivity index (χ1) is 7.52. The number of rotatable bonds is 5. The average molecular weight is 277 g/mol. The monoisotopic (exact) mass is 276 g/mol. The topological polar surface area (TPSA) is 29.3 Å². The molecule has 88 valence electrons. The summed E-state index contributed by atoms with van der Waals surface area (Å²) in [6, 6.07) is 5.44. The molecule has 0 aromatic heterocycles. The fourth-order valence-corrected chi connectivity index (χ4v) is 1.96. The average Bonchev–Trinajstić information content (AvgIpc) is 2.21. The smallest absolute Gasteiger partial charge is 0.0870 e. The van der Waals surface area contributed by atoms with Gasteiger partial charge in [-0.25, -0.2) is 0 Å². The maximum Gasteiger partial charge on any atom is 0.0870 e. The Morgan fingerprint density at radius 3 is 2.69 bits per heavy atom. The third-order valence-electron chi connectivity index (χ3n) is 2.23. The summed E-state index contributed by atoms with van der Waals surface area (Å²) >= 11 is 16.9. The Morgan fingerprint density at radius 2 is 2.12 bits per heavy atom. The van der Waals surface area contributed by atoms with Crippen LogP contribution in [0.5, 0.6) is 0 Å². The molecule has 1 rings (SSSR count). The van der Waals surface area contributed by atoms with E-state index in [4.69, 9.17) is 41.2 Å². The van der Waals surface area contributed by atoms with Crippen LogP contribution in [0.2, 0.25) is 10.0 Å². The Balaban J connectivity index is 2.77. The molecule has 2 N–H and O–H groups in total. The normalized spacial score (nSPS) is 10.8. The zero-order chi connectivity index (χ0) is 12.1. The highest BCUT2D eigenvalue weighted by molar-refractivity contribution is 7.80. The van der Waals surface area contributed by atoms with Crippen molar-refractivity contribution >= 4 is 40.4 Å². The summed E-state index contributed by atoms with van der Waals surface area (Å²) in [6.45, 7) is 4.21. The molecule has 0 aliphatic rings. The minimum Gasteiger partial charge on any atom is -0.392 e. The van der Waals surface area contributed by atoms with Gasteiger partial charge < -0.3 is 5.73 Å². The molecule has 0 aliphatic heterocycles. The number of likely N-dealkylation sites (N-methyl/N-ethyl adjacent to an activating group) is 1. The van der Waals surface area contributed by atoms with Crippen LogP contribution >= 0.6 is 35.4 Å². The molecule has 0 heterocycles. The van der Waals surface area contributed by atoms with Crippen LogP contribution in [0.25, 0.3) is 0 Å². The Kier molecular flexibility index (Phi) is 5.49. The van der Waals surface area contributed by atoms with E-state index in [-0.39, 0.29) is 0 Å². The Bertz CT molecular complexity index is 382. The Hall–Kier alpha value is -0.350. The predicted octanol–water partition coefficient (Wildman–Crippen LogP) is 3.10. The molecule has 2 nitrogen and oxygen atoms in total. The van der Waals surface area contributed by atoms with Gasteiger partial charge in [0.15, 0.2) is 0 Å². The molecule has 0 bridgehead atoms. The summed E-state index contributed by atoms with van der Waals surface area (Å²) in [4.78, 5) is 2.60. The molecule has 0 amide bonds. The summed E-state index contributed by atoms with van der Waals surface area (Å²) in [5.74, 6) is 0. The second-order valence-corrected chi connectivity index (χ2v) is 4.87. The lowest BCUT2D eigenvalue weighted by Gasteiger charge is -2.20. The number of thiocarbonyl (C=S) groups is 1. The summed E-state index contributed by atoms with van der Waals surface area (Å²) in [6.07, 6.45) is 0. The number of halogens is 2. The number of hydrogen-bond acceptors (Lipinski definition) is 2. The van der Waals surface area contributed by atoms with Crippen molar-refractivity contribution < 1.29 is 0 Å². The number of benzene rings is 1. The van der Waals surface area contributed by atoms with Gasteiger partial charge in [-0.3, -0.25) is 4.90 Å². The lowest BCUT2D eigenvalue weighted by atomic mass is 10.2. The van der Waals surface area contributed by atoms with Crippen molar-refractivity contribution in [2.45, 2.75) is 13.5 Å². The van der Waals surface area contributed by atoms with Crippen LogP contribution in [-0.4, -0.2) is 23.0 Å². The standard InChI is InChI=1S/C11H14Cl2N2S/c1-2-15(7-11(14)16)6-8-5-9(12)3-4-10(8)13/h3-5H,2,6-7H2,1H3,(H2,14,16). The number of nitrogens with zero attached hydrogens (tertiary/aromatic N) is 1. The van der Waals surface area contributed by atoms with Crippen LogP contribution in [0, 0.1) is 0 Å². The first-order valence-corrected chi connectivity index (χ1v) is 6.14. The summed E-state index contributed by atoms with van der Waals surface area (Å²) < 4.78 is 0. The van der Waals surface area contributed by atoms with E-state index >= 15 is 0 Å². The predicted molar refractivity (Wildman–Crippen MR) is 74.2 cm³/mol. The van der Waals surface area contributed by atoms with E-state index in [2.05, 4.69) is 11.8 Å². The third kappa shape index (κ3) is 4.26. The second-order valence-electron chi connectivity index (χ2n) is 3.51. The van der Waals surface area contributed by atoms with Crippen LogP contribution in [-0.2, 0) is 6.54 Å². The van der Waals surface area contributed by atoms with Crippen molar-refractivity contribution in [1.82, 2.24) is 4.90 Å². The molecule has 0 unspecified atom stereocenters. The van der Waals surface area contributed by atoms with Gasteiger partial charge in [0, 0.05) is 23.1 Å². The minimum atomic E-state index is 0.486. The van der Waals surface area contributed by atoms with Crippen LogP contribution in [0.3, 0.4) is 0 Å². The minimum absolute atomic E-state index is 0.486. The summed E-state index contributed by atoms with van der Waals surface area (Å²) in [5.41, 5.74) is 6.51. The van der Waals surface area contributed by atoms with E-state index in [0.717, 1.165) is 12.1 Å². The lowest BCUT2D eigenvalue weighted by Crippen LogP contribution is -2.32. The fraction of sp³-hybridized carbons (Fsp3) is 0.364. The van der Waals surface area contributed by atoms with Gasteiger partial charge in [-0.15, -0.1) is 0 Å².